The van der Waals surface area contributed by atoms with E-state index in [0.29, 0.717) is 11.5 Å². The molecule has 0 saturated heterocycles. The van der Waals surface area contributed by atoms with Crippen molar-refractivity contribution in [3.8, 4) is 22.6 Å². The molecule has 166 valence electrons. The van der Waals surface area contributed by atoms with Crippen LogP contribution in [0.1, 0.15) is 72.9 Å². The van der Waals surface area contributed by atoms with Crippen LogP contribution in [0.2, 0.25) is 0 Å². The van der Waals surface area contributed by atoms with Gasteiger partial charge in [0.1, 0.15) is 11.5 Å². The molecule has 0 radical (unpaired) electrons. The normalized spacial score (nSPS) is 13.9. The second-order valence-electron chi connectivity index (χ2n) is 9.70. The van der Waals surface area contributed by atoms with Crippen molar-refractivity contribution in [1.29, 1.82) is 0 Å². The van der Waals surface area contributed by atoms with Crippen molar-refractivity contribution in [2.24, 2.45) is 0 Å². The molecule has 2 nitrogen and oxygen atoms in total. The third-order valence-corrected chi connectivity index (χ3v) is 7.12. The highest BCUT2D eigenvalue weighted by molar-refractivity contribution is 5.86. The van der Waals surface area contributed by atoms with Crippen molar-refractivity contribution >= 4 is 0 Å². The van der Waals surface area contributed by atoms with E-state index in [1.165, 1.54) is 22.3 Å². The van der Waals surface area contributed by atoms with Gasteiger partial charge in [0.05, 0.1) is 5.41 Å². The first kappa shape index (κ1) is 21.3. The Kier molecular flexibility index (Phi) is 5.05. The van der Waals surface area contributed by atoms with Crippen molar-refractivity contribution in [3.05, 3.63) is 118 Å². The lowest BCUT2D eigenvalue weighted by molar-refractivity contribution is 0.464. The summed E-state index contributed by atoms with van der Waals surface area (Å²) in [5.41, 5.74) is 8.51. The zero-order valence-corrected chi connectivity index (χ0v) is 19.6. The third kappa shape index (κ3) is 3.08. The van der Waals surface area contributed by atoms with E-state index in [1.807, 2.05) is 12.1 Å². The Morgan fingerprint density at radius 3 is 1.33 bits per heavy atom. The molecule has 0 fully saturated rings. The predicted octanol–water partition coefficient (Wildman–Crippen LogP) is 7.71. The van der Waals surface area contributed by atoms with Gasteiger partial charge in [-0.3, -0.25) is 0 Å². The van der Waals surface area contributed by atoms with Crippen molar-refractivity contribution in [3.63, 3.8) is 0 Å². The Morgan fingerprint density at radius 2 is 0.939 bits per heavy atom. The molecular weight excluding hydrogens is 404 g/mol. The summed E-state index contributed by atoms with van der Waals surface area (Å²) in [6, 6.07) is 29.4. The minimum Gasteiger partial charge on any atom is -0.508 e. The summed E-state index contributed by atoms with van der Waals surface area (Å²) in [6.45, 7) is 8.44. The van der Waals surface area contributed by atoms with E-state index < -0.39 is 5.41 Å². The van der Waals surface area contributed by atoms with Gasteiger partial charge in [0.2, 0.25) is 0 Å². The van der Waals surface area contributed by atoms with E-state index in [-0.39, 0.29) is 11.8 Å². The summed E-state index contributed by atoms with van der Waals surface area (Å²) >= 11 is 0. The fourth-order valence-electron chi connectivity index (χ4n) is 5.52. The van der Waals surface area contributed by atoms with Crippen molar-refractivity contribution in [2.45, 2.75) is 44.9 Å². The molecule has 1 aliphatic carbocycles. The molecule has 0 amide bonds. The Hall–Kier alpha value is -3.52. The van der Waals surface area contributed by atoms with Gasteiger partial charge in [0, 0.05) is 0 Å². The predicted molar refractivity (Wildman–Crippen MR) is 135 cm³/mol. The Bertz CT molecular complexity index is 1240. The largest absolute Gasteiger partial charge is 0.508 e. The van der Waals surface area contributed by atoms with Crippen LogP contribution in [0.3, 0.4) is 0 Å². The Balaban J connectivity index is 1.94. The monoisotopic (exact) mass is 434 g/mol. The molecule has 4 aromatic carbocycles. The molecule has 2 heteroatoms. The van der Waals surface area contributed by atoms with Crippen molar-refractivity contribution in [1.82, 2.24) is 0 Å². The average Bonchev–Trinajstić information content (AvgIpc) is 3.11. The maximum atomic E-state index is 10.6. The molecule has 2 N–H and O–H groups in total. The lowest BCUT2D eigenvalue weighted by atomic mass is 9.66. The van der Waals surface area contributed by atoms with Gasteiger partial charge in [0.15, 0.2) is 0 Å². The summed E-state index contributed by atoms with van der Waals surface area (Å²) in [7, 11) is 0. The summed E-state index contributed by atoms with van der Waals surface area (Å²) in [5.74, 6) is 1.05. The maximum Gasteiger partial charge on any atom is 0.119 e. The van der Waals surface area contributed by atoms with Crippen LogP contribution in [0.4, 0.5) is 0 Å². The van der Waals surface area contributed by atoms with Crippen LogP contribution >= 0.6 is 0 Å². The number of rotatable bonds is 4. The van der Waals surface area contributed by atoms with E-state index in [1.54, 1.807) is 0 Å². The van der Waals surface area contributed by atoms with Crippen LogP contribution in [0.25, 0.3) is 11.1 Å². The Labute approximate surface area is 196 Å². The van der Waals surface area contributed by atoms with Crippen LogP contribution in [0, 0.1) is 0 Å². The van der Waals surface area contributed by atoms with Crippen molar-refractivity contribution < 1.29 is 10.2 Å². The van der Waals surface area contributed by atoms with Gasteiger partial charge in [0.25, 0.3) is 0 Å². The molecule has 4 aromatic rings. The molecule has 0 atom stereocenters. The molecule has 0 spiro atoms. The van der Waals surface area contributed by atoms with E-state index in [4.69, 9.17) is 0 Å². The summed E-state index contributed by atoms with van der Waals surface area (Å²) < 4.78 is 0. The molecule has 0 unspecified atom stereocenters. The maximum absolute atomic E-state index is 10.6. The van der Waals surface area contributed by atoms with Crippen LogP contribution in [-0.2, 0) is 5.41 Å². The number of hydrogen-bond acceptors (Lipinski definition) is 2. The quantitative estimate of drug-likeness (QED) is 0.304. The van der Waals surface area contributed by atoms with Crippen LogP contribution in [-0.4, -0.2) is 10.2 Å². The first-order valence-corrected chi connectivity index (χ1v) is 11.7. The SMILES string of the molecule is CC(C)c1cc(C2(c3ccc(O)c(C(C)C)c3)c3ccccc3-c3ccccc32)ccc1O. The lowest BCUT2D eigenvalue weighted by Gasteiger charge is -2.35. The molecule has 0 bridgehead atoms. The molecule has 0 saturated carbocycles. The molecular formula is C31H30O2. The lowest BCUT2D eigenvalue weighted by Crippen LogP contribution is -2.29. The van der Waals surface area contributed by atoms with Gasteiger partial charge >= 0.3 is 0 Å². The number of fused-ring (bicyclic) bond motifs is 3. The summed E-state index contributed by atoms with van der Waals surface area (Å²) in [6.07, 6.45) is 0. The molecule has 1 aliphatic rings. The fraction of sp³-hybridized carbons (Fsp3) is 0.226. The standard InChI is InChI=1S/C31H30O2/c1-19(2)25-17-21(13-15-29(25)32)31(22-14-16-30(33)26(18-22)20(3)4)27-11-7-5-9-23(27)24-10-6-8-12-28(24)31/h5-20,32-33H,1-4H3. The second-order valence-corrected chi connectivity index (χ2v) is 9.70. The molecule has 0 aromatic heterocycles. The number of hydrogen-bond donors (Lipinski definition) is 2. The molecule has 33 heavy (non-hydrogen) atoms. The average molecular weight is 435 g/mol. The minimum atomic E-state index is -0.540. The number of phenolic OH excluding ortho intramolecular Hbond substituents is 2. The van der Waals surface area contributed by atoms with E-state index in [2.05, 4.69) is 100 Å². The van der Waals surface area contributed by atoms with Crippen LogP contribution < -0.4 is 0 Å². The highest BCUT2D eigenvalue weighted by atomic mass is 16.3. The second kappa shape index (κ2) is 7.81. The first-order valence-electron chi connectivity index (χ1n) is 11.7. The number of benzene rings is 4. The zero-order chi connectivity index (χ0) is 23.3. The van der Waals surface area contributed by atoms with Crippen LogP contribution in [0.5, 0.6) is 11.5 Å². The highest BCUT2D eigenvalue weighted by Crippen LogP contribution is 2.57. The zero-order valence-electron chi connectivity index (χ0n) is 19.6. The van der Waals surface area contributed by atoms with Gasteiger partial charge in [-0.15, -0.1) is 0 Å². The van der Waals surface area contributed by atoms with E-state index in [9.17, 15) is 10.2 Å². The van der Waals surface area contributed by atoms with Gasteiger partial charge in [-0.1, -0.05) is 100 Å². The van der Waals surface area contributed by atoms with Gasteiger partial charge in [-0.2, -0.15) is 0 Å². The fourth-order valence-corrected chi connectivity index (χ4v) is 5.52. The third-order valence-electron chi connectivity index (χ3n) is 7.12. The minimum absolute atomic E-state index is 0.194. The smallest absolute Gasteiger partial charge is 0.119 e. The highest BCUT2D eigenvalue weighted by Gasteiger charge is 2.46. The molecule has 0 heterocycles. The van der Waals surface area contributed by atoms with E-state index in [0.717, 1.165) is 22.3 Å². The summed E-state index contributed by atoms with van der Waals surface area (Å²) in [4.78, 5) is 0. The van der Waals surface area contributed by atoms with E-state index >= 15 is 0 Å². The van der Waals surface area contributed by atoms with Crippen LogP contribution in [0.15, 0.2) is 84.9 Å². The number of aromatic hydroxyl groups is 2. The van der Waals surface area contributed by atoms with Gasteiger partial charge in [-0.05, 0) is 68.5 Å². The van der Waals surface area contributed by atoms with Crippen molar-refractivity contribution in [2.75, 3.05) is 0 Å². The topological polar surface area (TPSA) is 40.5 Å². The summed E-state index contributed by atoms with van der Waals surface area (Å²) in [5, 5.41) is 21.2. The number of phenols is 2. The molecule has 5 rings (SSSR count). The van der Waals surface area contributed by atoms with Gasteiger partial charge in [-0.25, -0.2) is 0 Å². The molecule has 0 aliphatic heterocycles. The Morgan fingerprint density at radius 1 is 0.545 bits per heavy atom. The van der Waals surface area contributed by atoms with Gasteiger partial charge < -0.3 is 10.2 Å². The first-order chi connectivity index (χ1) is 15.9.